The van der Waals surface area contributed by atoms with Crippen molar-refractivity contribution in [2.45, 2.75) is 31.7 Å². The molecule has 0 amide bonds. The van der Waals surface area contributed by atoms with Gasteiger partial charge in [0.15, 0.2) is 0 Å². The summed E-state index contributed by atoms with van der Waals surface area (Å²) < 4.78 is 0. The van der Waals surface area contributed by atoms with Gasteiger partial charge >= 0.3 is 0 Å². The minimum atomic E-state index is 0.268. The first kappa shape index (κ1) is 11.4. The summed E-state index contributed by atoms with van der Waals surface area (Å²) in [5.41, 5.74) is 0. The number of nitrogens with one attached hydrogen (secondary N) is 1. The molecule has 1 heterocycles. The van der Waals surface area contributed by atoms with Crippen LogP contribution in [0, 0.1) is 0 Å². The molecule has 0 saturated heterocycles. The molecule has 0 bridgehead atoms. The highest BCUT2D eigenvalue weighted by molar-refractivity contribution is 6.20. The molecule has 3 nitrogen and oxygen atoms in total. The van der Waals surface area contributed by atoms with Gasteiger partial charge in [-0.05, 0) is 32.4 Å². The molecule has 1 aromatic rings. The van der Waals surface area contributed by atoms with E-state index in [4.69, 9.17) is 11.6 Å². The van der Waals surface area contributed by atoms with Gasteiger partial charge in [-0.25, -0.2) is 9.97 Å². The molecule has 1 aromatic heterocycles. The zero-order valence-corrected chi connectivity index (χ0v) is 9.17. The van der Waals surface area contributed by atoms with Crippen LogP contribution in [0.5, 0.6) is 0 Å². The van der Waals surface area contributed by atoms with Crippen molar-refractivity contribution in [3.63, 3.8) is 0 Å². The van der Waals surface area contributed by atoms with Gasteiger partial charge in [0.1, 0.15) is 5.82 Å². The molecule has 0 aromatic carbocycles. The maximum absolute atomic E-state index is 5.82. The second-order valence-corrected chi connectivity index (χ2v) is 4.01. The van der Waals surface area contributed by atoms with Gasteiger partial charge in [-0.15, -0.1) is 11.6 Å². The average Bonchev–Trinajstić information content (AvgIpc) is 2.18. The van der Waals surface area contributed by atoms with Crippen molar-refractivity contribution in [3.05, 3.63) is 24.3 Å². The van der Waals surface area contributed by atoms with Crippen LogP contribution in [0.15, 0.2) is 18.5 Å². The average molecular weight is 214 g/mol. The summed E-state index contributed by atoms with van der Waals surface area (Å²) in [7, 11) is 0. The van der Waals surface area contributed by atoms with Crippen LogP contribution in [-0.4, -0.2) is 21.9 Å². The Morgan fingerprint density at radius 2 is 2.14 bits per heavy atom. The Hall–Kier alpha value is -0.670. The van der Waals surface area contributed by atoms with Gasteiger partial charge in [0, 0.05) is 17.8 Å². The van der Waals surface area contributed by atoms with E-state index in [1.165, 1.54) is 0 Å². The SMILES string of the molecule is CC(Cl)CCCNCc1ncccn1. The highest BCUT2D eigenvalue weighted by atomic mass is 35.5. The van der Waals surface area contributed by atoms with Crippen LogP contribution in [0.1, 0.15) is 25.6 Å². The van der Waals surface area contributed by atoms with Crippen molar-refractivity contribution in [2.24, 2.45) is 0 Å². The van der Waals surface area contributed by atoms with Crippen molar-refractivity contribution >= 4 is 11.6 Å². The Bertz CT molecular complexity index is 238. The van der Waals surface area contributed by atoms with Crippen molar-refractivity contribution in [1.82, 2.24) is 15.3 Å². The van der Waals surface area contributed by atoms with E-state index in [-0.39, 0.29) is 5.38 Å². The third-order valence-corrected chi connectivity index (χ3v) is 2.08. The fraction of sp³-hybridized carbons (Fsp3) is 0.600. The van der Waals surface area contributed by atoms with E-state index >= 15 is 0 Å². The van der Waals surface area contributed by atoms with Crippen molar-refractivity contribution in [2.75, 3.05) is 6.54 Å². The topological polar surface area (TPSA) is 37.8 Å². The van der Waals surface area contributed by atoms with Crippen LogP contribution >= 0.6 is 11.6 Å². The number of halogens is 1. The maximum Gasteiger partial charge on any atom is 0.141 e. The molecule has 0 radical (unpaired) electrons. The third-order valence-electron chi connectivity index (χ3n) is 1.86. The van der Waals surface area contributed by atoms with E-state index in [2.05, 4.69) is 15.3 Å². The predicted molar refractivity (Wildman–Crippen MR) is 58.3 cm³/mol. The van der Waals surface area contributed by atoms with Crippen LogP contribution < -0.4 is 5.32 Å². The number of hydrogen-bond acceptors (Lipinski definition) is 3. The number of rotatable bonds is 6. The molecule has 0 aliphatic carbocycles. The highest BCUT2D eigenvalue weighted by Gasteiger charge is 1.96. The number of hydrogen-bond donors (Lipinski definition) is 1. The Morgan fingerprint density at radius 1 is 1.43 bits per heavy atom. The fourth-order valence-corrected chi connectivity index (χ4v) is 1.28. The Kier molecular flexibility index (Phi) is 5.49. The van der Waals surface area contributed by atoms with Crippen LogP contribution in [0.2, 0.25) is 0 Å². The van der Waals surface area contributed by atoms with E-state index in [1.54, 1.807) is 12.4 Å². The summed E-state index contributed by atoms with van der Waals surface area (Å²) in [6.07, 6.45) is 5.65. The molecule has 1 atom stereocenters. The molecular formula is C10H16ClN3. The van der Waals surface area contributed by atoms with Crippen molar-refractivity contribution in [1.29, 1.82) is 0 Å². The van der Waals surface area contributed by atoms with Crippen molar-refractivity contribution < 1.29 is 0 Å². The summed E-state index contributed by atoms with van der Waals surface area (Å²) in [5, 5.41) is 3.54. The summed E-state index contributed by atoms with van der Waals surface area (Å²) in [6, 6.07) is 1.82. The summed E-state index contributed by atoms with van der Waals surface area (Å²) in [5.74, 6) is 0.839. The molecule has 0 aliphatic rings. The number of nitrogens with zero attached hydrogens (tertiary/aromatic N) is 2. The second kappa shape index (κ2) is 6.74. The van der Waals surface area contributed by atoms with Crippen LogP contribution in [-0.2, 0) is 6.54 Å². The molecule has 0 saturated carbocycles. The van der Waals surface area contributed by atoms with Crippen molar-refractivity contribution in [3.8, 4) is 0 Å². The lowest BCUT2D eigenvalue weighted by atomic mass is 10.2. The second-order valence-electron chi connectivity index (χ2n) is 3.26. The van der Waals surface area contributed by atoms with Gasteiger partial charge in [0.2, 0.25) is 0 Å². The van der Waals surface area contributed by atoms with Gasteiger partial charge < -0.3 is 5.32 Å². The van der Waals surface area contributed by atoms with Gasteiger partial charge in [0.05, 0.1) is 6.54 Å². The van der Waals surface area contributed by atoms with Crippen LogP contribution in [0.3, 0.4) is 0 Å². The normalized spacial score (nSPS) is 12.7. The zero-order valence-electron chi connectivity index (χ0n) is 8.41. The quantitative estimate of drug-likeness (QED) is 0.580. The Morgan fingerprint density at radius 3 is 2.79 bits per heavy atom. The zero-order chi connectivity index (χ0) is 10.2. The Balaban J connectivity index is 2.05. The molecule has 1 N–H and O–H groups in total. The lowest BCUT2D eigenvalue weighted by Crippen LogP contribution is -2.17. The van der Waals surface area contributed by atoms with Crippen LogP contribution in [0.25, 0.3) is 0 Å². The summed E-state index contributed by atoms with van der Waals surface area (Å²) in [4.78, 5) is 8.22. The van der Waals surface area contributed by atoms with E-state index in [1.807, 2.05) is 13.0 Å². The monoisotopic (exact) mass is 213 g/mol. The smallest absolute Gasteiger partial charge is 0.141 e. The van der Waals surface area contributed by atoms with Gasteiger partial charge in [0.25, 0.3) is 0 Å². The van der Waals surface area contributed by atoms with Gasteiger partial charge in [-0.3, -0.25) is 0 Å². The third kappa shape index (κ3) is 5.14. The molecule has 78 valence electrons. The molecule has 4 heteroatoms. The number of alkyl halides is 1. The van der Waals surface area contributed by atoms with E-state index in [0.29, 0.717) is 0 Å². The Labute approximate surface area is 89.9 Å². The molecule has 14 heavy (non-hydrogen) atoms. The van der Waals surface area contributed by atoms with E-state index < -0.39 is 0 Å². The molecule has 0 spiro atoms. The fourth-order valence-electron chi connectivity index (χ4n) is 1.13. The first-order valence-electron chi connectivity index (χ1n) is 4.89. The van der Waals surface area contributed by atoms with E-state index in [0.717, 1.165) is 31.8 Å². The molecule has 1 rings (SSSR count). The minimum absolute atomic E-state index is 0.268. The van der Waals surface area contributed by atoms with Gasteiger partial charge in [-0.2, -0.15) is 0 Å². The van der Waals surface area contributed by atoms with E-state index in [9.17, 15) is 0 Å². The molecule has 0 fully saturated rings. The predicted octanol–water partition coefficient (Wildman–Crippen LogP) is 1.97. The summed E-state index contributed by atoms with van der Waals surface area (Å²) in [6.45, 7) is 3.72. The molecule has 0 aliphatic heterocycles. The molecule has 1 unspecified atom stereocenters. The largest absolute Gasteiger partial charge is 0.310 e. The minimum Gasteiger partial charge on any atom is -0.310 e. The first-order chi connectivity index (χ1) is 6.79. The lowest BCUT2D eigenvalue weighted by Gasteiger charge is -2.04. The standard InChI is InChI=1S/C10H16ClN3/c1-9(11)4-2-5-12-8-10-13-6-3-7-14-10/h3,6-7,9,12H,2,4-5,8H2,1H3. The lowest BCUT2D eigenvalue weighted by molar-refractivity contribution is 0.605. The number of aromatic nitrogens is 2. The van der Waals surface area contributed by atoms with Gasteiger partial charge in [-0.1, -0.05) is 0 Å². The van der Waals surface area contributed by atoms with Crippen LogP contribution in [0.4, 0.5) is 0 Å². The maximum atomic E-state index is 5.82. The molecular weight excluding hydrogens is 198 g/mol. The first-order valence-corrected chi connectivity index (χ1v) is 5.33. The highest BCUT2D eigenvalue weighted by Crippen LogP contribution is 2.02. The summed E-state index contributed by atoms with van der Waals surface area (Å²) >= 11 is 5.82.